The maximum Gasteiger partial charge on any atom is 0.281 e. The first-order valence-electron chi connectivity index (χ1n) is 7.45. The molecule has 0 spiro atoms. The van der Waals surface area contributed by atoms with E-state index in [1.54, 1.807) is 24.3 Å². The Morgan fingerprint density at radius 1 is 1.22 bits per heavy atom. The zero-order valence-corrected chi connectivity index (χ0v) is 14.8. The van der Waals surface area contributed by atoms with Crippen LogP contribution in [-0.2, 0) is 6.54 Å². The van der Waals surface area contributed by atoms with E-state index >= 15 is 0 Å². The lowest BCUT2D eigenvalue weighted by atomic mass is 10.1. The van der Waals surface area contributed by atoms with Gasteiger partial charge in [0.25, 0.3) is 5.91 Å². The maximum atomic E-state index is 12.5. The van der Waals surface area contributed by atoms with E-state index in [9.17, 15) is 4.79 Å². The van der Waals surface area contributed by atoms with Gasteiger partial charge in [-0.25, -0.2) is 0 Å². The molecule has 0 N–H and O–H groups in total. The first-order chi connectivity index (χ1) is 11.0. The van der Waals surface area contributed by atoms with Crippen molar-refractivity contribution in [3.8, 4) is 0 Å². The van der Waals surface area contributed by atoms with Gasteiger partial charge in [-0.3, -0.25) is 4.79 Å². The van der Waals surface area contributed by atoms with Crippen LogP contribution in [0.4, 0.5) is 0 Å². The Labute approximate surface area is 143 Å². The van der Waals surface area contributed by atoms with Crippen molar-refractivity contribution in [3.05, 3.63) is 62.9 Å². The Hall–Kier alpha value is -1.91. The van der Waals surface area contributed by atoms with Gasteiger partial charge in [0.2, 0.25) is 0 Å². The molecular weight excluding hydrogens is 328 g/mol. The summed E-state index contributed by atoms with van der Waals surface area (Å²) < 4.78 is 3.21. The zero-order chi connectivity index (χ0) is 16.6. The second-order valence-electron chi connectivity index (χ2n) is 5.43. The SMILES string of the molecule is CCn1c(=NC(=O)c2ccccc2Cl)sc2cc(C)c(C)cc21. The molecule has 0 aliphatic rings. The van der Waals surface area contributed by atoms with E-state index in [0.717, 1.165) is 16.8 Å². The Morgan fingerprint density at radius 2 is 1.91 bits per heavy atom. The Bertz CT molecular complexity index is 969. The molecule has 0 aliphatic heterocycles. The van der Waals surface area contributed by atoms with Crippen molar-refractivity contribution in [1.29, 1.82) is 0 Å². The van der Waals surface area contributed by atoms with Gasteiger partial charge in [-0.1, -0.05) is 35.1 Å². The van der Waals surface area contributed by atoms with Crippen LogP contribution in [0.25, 0.3) is 10.2 Å². The number of carbonyl (C=O) groups is 1. The molecule has 2 aromatic carbocycles. The molecule has 0 fully saturated rings. The van der Waals surface area contributed by atoms with Crippen molar-refractivity contribution in [2.24, 2.45) is 4.99 Å². The number of aryl methyl sites for hydroxylation is 3. The lowest BCUT2D eigenvalue weighted by Crippen LogP contribution is -2.16. The predicted octanol–water partition coefficient (Wildman–Crippen LogP) is 4.73. The van der Waals surface area contributed by atoms with Crippen LogP contribution >= 0.6 is 22.9 Å². The molecule has 3 aromatic rings. The molecule has 5 heteroatoms. The van der Waals surface area contributed by atoms with Gasteiger partial charge >= 0.3 is 0 Å². The average molecular weight is 345 g/mol. The van der Waals surface area contributed by atoms with Crippen molar-refractivity contribution in [3.63, 3.8) is 0 Å². The smallest absolute Gasteiger partial charge is 0.281 e. The largest absolute Gasteiger partial charge is 0.317 e. The predicted molar refractivity (Wildman–Crippen MR) is 96.3 cm³/mol. The Balaban J connectivity index is 2.19. The number of benzene rings is 2. The van der Waals surface area contributed by atoms with E-state index in [1.165, 1.54) is 22.5 Å². The fourth-order valence-corrected chi connectivity index (χ4v) is 3.88. The van der Waals surface area contributed by atoms with E-state index in [2.05, 4.69) is 42.5 Å². The van der Waals surface area contributed by atoms with E-state index in [1.807, 2.05) is 0 Å². The highest BCUT2D eigenvalue weighted by atomic mass is 35.5. The monoisotopic (exact) mass is 344 g/mol. The van der Waals surface area contributed by atoms with Gasteiger partial charge < -0.3 is 4.57 Å². The Kier molecular flexibility index (Phi) is 4.37. The van der Waals surface area contributed by atoms with Crippen molar-refractivity contribution < 1.29 is 4.79 Å². The van der Waals surface area contributed by atoms with E-state index in [4.69, 9.17) is 11.6 Å². The molecule has 0 unspecified atom stereocenters. The van der Waals surface area contributed by atoms with Gasteiger partial charge in [-0.2, -0.15) is 4.99 Å². The second kappa shape index (κ2) is 6.30. The van der Waals surface area contributed by atoms with Gasteiger partial charge in [0.15, 0.2) is 4.80 Å². The lowest BCUT2D eigenvalue weighted by Gasteiger charge is -2.03. The summed E-state index contributed by atoms with van der Waals surface area (Å²) in [4.78, 5) is 17.5. The molecule has 0 saturated carbocycles. The summed E-state index contributed by atoms with van der Waals surface area (Å²) in [6.07, 6.45) is 0. The van der Waals surface area contributed by atoms with Gasteiger partial charge in [0.1, 0.15) is 0 Å². The van der Waals surface area contributed by atoms with Crippen molar-refractivity contribution in [2.45, 2.75) is 27.3 Å². The van der Waals surface area contributed by atoms with Gasteiger partial charge in [0, 0.05) is 6.54 Å². The van der Waals surface area contributed by atoms with Crippen LogP contribution in [0.3, 0.4) is 0 Å². The number of halogens is 1. The molecule has 3 rings (SSSR count). The number of nitrogens with zero attached hydrogens (tertiary/aromatic N) is 2. The number of rotatable bonds is 2. The van der Waals surface area contributed by atoms with Crippen molar-refractivity contribution in [2.75, 3.05) is 0 Å². The standard InChI is InChI=1S/C18H17ClN2OS/c1-4-21-15-9-11(2)12(3)10-16(15)23-18(21)20-17(22)13-7-5-6-8-14(13)19/h5-10H,4H2,1-3H3. The molecule has 1 heterocycles. The van der Waals surface area contributed by atoms with E-state index in [-0.39, 0.29) is 5.91 Å². The van der Waals surface area contributed by atoms with Gasteiger partial charge in [-0.15, -0.1) is 0 Å². The highest BCUT2D eigenvalue weighted by molar-refractivity contribution is 7.16. The molecule has 1 aromatic heterocycles. The summed E-state index contributed by atoms with van der Waals surface area (Å²) >= 11 is 7.63. The highest BCUT2D eigenvalue weighted by Crippen LogP contribution is 2.22. The molecule has 0 bridgehead atoms. The lowest BCUT2D eigenvalue weighted by molar-refractivity contribution is 0.0998. The van der Waals surface area contributed by atoms with Crippen LogP contribution in [0.2, 0.25) is 5.02 Å². The molecule has 23 heavy (non-hydrogen) atoms. The molecule has 0 saturated heterocycles. The molecule has 0 atom stereocenters. The number of hydrogen-bond acceptors (Lipinski definition) is 2. The number of thiazole rings is 1. The molecule has 0 aliphatic carbocycles. The molecule has 3 nitrogen and oxygen atoms in total. The minimum atomic E-state index is -0.308. The number of hydrogen-bond donors (Lipinski definition) is 0. The van der Waals surface area contributed by atoms with Crippen LogP contribution in [0.1, 0.15) is 28.4 Å². The van der Waals surface area contributed by atoms with Crippen molar-refractivity contribution >= 4 is 39.1 Å². The number of aromatic nitrogens is 1. The quantitative estimate of drug-likeness (QED) is 0.661. The summed E-state index contributed by atoms with van der Waals surface area (Å²) in [5.41, 5.74) is 4.03. The number of amides is 1. The molecular formula is C18H17ClN2OS. The average Bonchev–Trinajstić information content (AvgIpc) is 2.84. The van der Waals surface area contributed by atoms with Crippen LogP contribution in [-0.4, -0.2) is 10.5 Å². The molecule has 0 radical (unpaired) electrons. The molecule has 118 valence electrons. The third-order valence-corrected chi connectivity index (χ3v) is 5.29. The first-order valence-corrected chi connectivity index (χ1v) is 8.65. The third-order valence-electron chi connectivity index (χ3n) is 3.92. The normalized spacial score (nSPS) is 12.1. The van der Waals surface area contributed by atoms with Crippen LogP contribution in [0.5, 0.6) is 0 Å². The van der Waals surface area contributed by atoms with Crippen LogP contribution in [0, 0.1) is 13.8 Å². The second-order valence-corrected chi connectivity index (χ2v) is 6.85. The summed E-state index contributed by atoms with van der Waals surface area (Å²) in [5, 5.41) is 0.428. The minimum Gasteiger partial charge on any atom is -0.317 e. The minimum absolute atomic E-state index is 0.308. The first kappa shape index (κ1) is 16.0. The van der Waals surface area contributed by atoms with Gasteiger partial charge in [-0.05, 0) is 56.2 Å². The summed E-state index contributed by atoms with van der Waals surface area (Å²) in [5.74, 6) is -0.308. The zero-order valence-electron chi connectivity index (χ0n) is 13.3. The fraction of sp³-hybridized carbons (Fsp3) is 0.222. The van der Waals surface area contributed by atoms with E-state index in [0.29, 0.717) is 15.4 Å². The van der Waals surface area contributed by atoms with Crippen LogP contribution in [0.15, 0.2) is 41.4 Å². The van der Waals surface area contributed by atoms with Crippen LogP contribution < -0.4 is 4.80 Å². The summed E-state index contributed by atoms with van der Waals surface area (Å²) in [6.45, 7) is 7.01. The Morgan fingerprint density at radius 3 is 2.61 bits per heavy atom. The topological polar surface area (TPSA) is 34.4 Å². The fourth-order valence-electron chi connectivity index (χ4n) is 2.49. The highest BCUT2D eigenvalue weighted by Gasteiger charge is 2.11. The number of fused-ring (bicyclic) bond motifs is 1. The molecule has 1 amide bonds. The summed E-state index contributed by atoms with van der Waals surface area (Å²) in [6, 6.07) is 11.3. The van der Waals surface area contributed by atoms with E-state index < -0.39 is 0 Å². The maximum absolute atomic E-state index is 12.5. The number of carbonyl (C=O) groups excluding carboxylic acids is 1. The van der Waals surface area contributed by atoms with Gasteiger partial charge in [0.05, 0.1) is 20.8 Å². The van der Waals surface area contributed by atoms with Crippen molar-refractivity contribution in [1.82, 2.24) is 4.57 Å². The summed E-state index contributed by atoms with van der Waals surface area (Å²) in [7, 11) is 0. The third kappa shape index (κ3) is 2.96.